The van der Waals surface area contributed by atoms with Crippen molar-refractivity contribution in [1.29, 1.82) is 0 Å². The molecular formula is C8H15F3N2O. The molecule has 1 aliphatic rings. The number of hydrogen-bond donors (Lipinski definition) is 2. The second-order valence-corrected chi connectivity index (χ2v) is 3.54. The van der Waals surface area contributed by atoms with Gasteiger partial charge in [-0.2, -0.15) is 13.2 Å². The van der Waals surface area contributed by atoms with E-state index in [1.807, 2.05) is 0 Å². The van der Waals surface area contributed by atoms with E-state index < -0.39 is 12.7 Å². The molecule has 1 fully saturated rings. The molecule has 1 rings (SSSR count). The second-order valence-electron chi connectivity index (χ2n) is 3.54. The van der Waals surface area contributed by atoms with E-state index in [4.69, 9.17) is 5.11 Å². The van der Waals surface area contributed by atoms with Crippen LogP contribution >= 0.6 is 0 Å². The van der Waals surface area contributed by atoms with Crippen LogP contribution in [0.25, 0.3) is 0 Å². The highest BCUT2D eigenvalue weighted by molar-refractivity contribution is 4.77. The number of halogens is 3. The average molecular weight is 212 g/mol. The van der Waals surface area contributed by atoms with Crippen molar-refractivity contribution in [3.8, 4) is 0 Å². The van der Waals surface area contributed by atoms with Crippen molar-refractivity contribution in [3.05, 3.63) is 0 Å². The lowest BCUT2D eigenvalue weighted by atomic mass is 10.3. The van der Waals surface area contributed by atoms with Crippen molar-refractivity contribution in [2.75, 3.05) is 32.8 Å². The molecule has 1 aliphatic heterocycles. The highest BCUT2D eigenvalue weighted by Crippen LogP contribution is 2.17. The van der Waals surface area contributed by atoms with Gasteiger partial charge in [0.1, 0.15) is 0 Å². The van der Waals surface area contributed by atoms with Crippen LogP contribution in [-0.2, 0) is 0 Å². The van der Waals surface area contributed by atoms with E-state index in [9.17, 15) is 13.2 Å². The van der Waals surface area contributed by atoms with Crippen LogP contribution in [0, 0.1) is 0 Å². The number of alkyl halides is 3. The molecule has 0 bridgehead atoms. The van der Waals surface area contributed by atoms with E-state index in [1.54, 1.807) is 0 Å². The van der Waals surface area contributed by atoms with Gasteiger partial charge in [-0.25, -0.2) is 0 Å². The standard InChI is InChI=1S/C8H15F3N2O/c9-8(10,11)6-13-3-1-2-12-7(4-13)5-14/h7,12,14H,1-6H2. The Morgan fingerprint density at radius 2 is 2.14 bits per heavy atom. The summed E-state index contributed by atoms with van der Waals surface area (Å²) in [7, 11) is 0. The van der Waals surface area contributed by atoms with Crippen LogP contribution in [0.15, 0.2) is 0 Å². The average Bonchev–Trinajstić information content (AvgIpc) is 2.26. The summed E-state index contributed by atoms with van der Waals surface area (Å²) in [6, 6.07) is -0.236. The van der Waals surface area contributed by atoms with Crippen molar-refractivity contribution in [1.82, 2.24) is 10.2 Å². The van der Waals surface area contributed by atoms with Crippen molar-refractivity contribution < 1.29 is 18.3 Å². The van der Waals surface area contributed by atoms with Crippen molar-refractivity contribution in [2.45, 2.75) is 18.6 Å². The summed E-state index contributed by atoms with van der Waals surface area (Å²) in [6.07, 6.45) is -3.46. The first-order valence-corrected chi connectivity index (χ1v) is 4.64. The quantitative estimate of drug-likeness (QED) is 0.686. The molecule has 14 heavy (non-hydrogen) atoms. The summed E-state index contributed by atoms with van der Waals surface area (Å²) in [6.45, 7) is 0.359. The summed E-state index contributed by atoms with van der Waals surface area (Å²) < 4.78 is 36.2. The molecule has 84 valence electrons. The maximum absolute atomic E-state index is 12.1. The maximum Gasteiger partial charge on any atom is 0.401 e. The molecule has 0 saturated carbocycles. The van der Waals surface area contributed by atoms with Gasteiger partial charge >= 0.3 is 6.18 Å². The van der Waals surface area contributed by atoms with Gasteiger partial charge in [0.25, 0.3) is 0 Å². The zero-order valence-corrected chi connectivity index (χ0v) is 7.85. The van der Waals surface area contributed by atoms with Gasteiger partial charge in [0.15, 0.2) is 0 Å². The number of rotatable bonds is 2. The molecule has 2 N–H and O–H groups in total. The SMILES string of the molecule is OCC1CN(CC(F)(F)F)CCCN1. The minimum atomic E-state index is -4.15. The molecule has 0 aromatic carbocycles. The second kappa shape index (κ2) is 4.95. The van der Waals surface area contributed by atoms with Gasteiger partial charge in [-0.05, 0) is 19.5 Å². The molecule has 1 unspecified atom stereocenters. The smallest absolute Gasteiger partial charge is 0.395 e. The lowest BCUT2D eigenvalue weighted by Crippen LogP contribution is -2.43. The normalized spacial score (nSPS) is 26.1. The third-order valence-corrected chi connectivity index (χ3v) is 2.19. The molecule has 1 heterocycles. The Labute approximate surface area is 80.9 Å². The van der Waals surface area contributed by atoms with Crippen molar-refractivity contribution in [2.24, 2.45) is 0 Å². The van der Waals surface area contributed by atoms with Gasteiger partial charge in [0.05, 0.1) is 13.2 Å². The van der Waals surface area contributed by atoms with Gasteiger partial charge in [0.2, 0.25) is 0 Å². The monoisotopic (exact) mass is 212 g/mol. The molecule has 6 heteroatoms. The van der Waals surface area contributed by atoms with Gasteiger partial charge in [-0.1, -0.05) is 0 Å². The molecule has 0 aliphatic carbocycles. The van der Waals surface area contributed by atoms with E-state index >= 15 is 0 Å². The van der Waals surface area contributed by atoms with Gasteiger partial charge < -0.3 is 10.4 Å². The highest BCUT2D eigenvalue weighted by atomic mass is 19.4. The summed E-state index contributed by atoms with van der Waals surface area (Å²) in [5.41, 5.74) is 0. The number of aliphatic hydroxyl groups is 1. The summed E-state index contributed by atoms with van der Waals surface area (Å²) in [5, 5.41) is 11.8. The van der Waals surface area contributed by atoms with Crippen LogP contribution in [-0.4, -0.2) is 55.0 Å². The first kappa shape index (κ1) is 11.7. The molecular weight excluding hydrogens is 197 g/mol. The van der Waals surface area contributed by atoms with E-state index in [-0.39, 0.29) is 19.2 Å². The Balaban J connectivity index is 2.43. The fourth-order valence-corrected chi connectivity index (χ4v) is 1.60. The predicted molar refractivity (Wildman–Crippen MR) is 46.0 cm³/mol. The molecule has 0 spiro atoms. The van der Waals surface area contributed by atoms with Gasteiger partial charge in [-0.3, -0.25) is 4.90 Å². The fourth-order valence-electron chi connectivity index (χ4n) is 1.60. The Bertz CT molecular complexity index is 174. The van der Waals surface area contributed by atoms with Crippen molar-refractivity contribution >= 4 is 0 Å². The highest BCUT2D eigenvalue weighted by Gasteiger charge is 2.31. The number of nitrogens with one attached hydrogen (secondary N) is 1. The molecule has 0 radical (unpaired) electrons. The number of aliphatic hydroxyl groups excluding tert-OH is 1. The minimum Gasteiger partial charge on any atom is -0.395 e. The van der Waals surface area contributed by atoms with Crippen LogP contribution in [0.1, 0.15) is 6.42 Å². The van der Waals surface area contributed by atoms with Crippen LogP contribution < -0.4 is 5.32 Å². The Kier molecular flexibility index (Phi) is 4.15. The number of nitrogens with zero attached hydrogens (tertiary/aromatic N) is 1. The van der Waals surface area contributed by atoms with Crippen LogP contribution in [0.4, 0.5) is 13.2 Å². The zero-order chi connectivity index (χ0) is 10.6. The van der Waals surface area contributed by atoms with Crippen molar-refractivity contribution in [3.63, 3.8) is 0 Å². The topological polar surface area (TPSA) is 35.5 Å². The lowest BCUT2D eigenvalue weighted by molar-refractivity contribution is -0.146. The third kappa shape index (κ3) is 4.26. The third-order valence-electron chi connectivity index (χ3n) is 2.19. The fraction of sp³-hybridized carbons (Fsp3) is 1.00. The Morgan fingerprint density at radius 3 is 2.71 bits per heavy atom. The van der Waals surface area contributed by atoms with Crippen LogP contribution in [0.2, 0.25) is 0 Å². The first-order chi connectivity index (χ1) is 6.51. The van der Waals surface area contributed by atoms with E-state index in [2.05, 4.69) is 5.32 Å². The molecule has 3 nitrogen and oxygen atoms in total. The Morgan fingerprint density at radius 1 is 1.43 bits per heavy atom. The van der Waals surface area contributed by atoms with E-state index in [0.717, 1.165) is 0 Å². The lowest BCUT2D eigenvalue weighted by Gasteiger charge is -2.24. The van der Waals surface area contributed by atoms with E-state index in [1.165, 1.54) is 4.90 Å². The first-order valence-electron chi connectivity index (χ1n) is 4.64. The summed E-state index contributed by atoms with van der Waals surface area (Å²) in [4.78, 5) is 1.33. The van der Waals surface area contributed by atoms with Gasteiger partial charge in [-0.15, -0.1) is 0 Å². The minimum absolute atomic E-state index is 0.117. The van der Waals surface area contributed by atoms with Crippen LogP contribution in [0.3, 0.4) is 0 Å². The largest absolute Gasteiger partial charge is 0.401 e. The molecule has 0 amide bonds. The predicted octanol–water partition coefficient (Wildman–Crippen LogP) is 0.205. The van der Waals surface area contributed by atoms with Crippen LogP contribution in [0.5, 0.6) is 0 Å². The molecule has 0 aromatic heterocycles. The Hall–Kier alpha value is -0.330. The summed E-state index contributed by atoms with van der Waals surface area (Å²) >= 11 is 0. The molecule has 0 aromatic rings. The summed E-state index contributed by atoms with van der Waals surface area (Å²) in [5.74, 6) is 0. The number of hydrogen-bond acceptors (Lipinski definition) is 3. The van der Waals surface area contributed by atoms with E-state index in [0.29, 0.717) is 19.5 Å². The maximum atomic E-state index is 12.1. The zero-order valence-electron chi connectivity index (χ0n) is 7.85. The van der Waals surface area contributed by atoms with Gasteiger partial charge in [0, 0.05) is 12.6 Å². The molecule has 1 atom stereocenters. The molecule has 1 saturated heterocycles.